The van der Waals surface area contributed by atoms with Crippen molar-refractivity contribution in [3.05, 3.63) is 5.82 Å². The van der Waals surface area contributed by atoms with Gasteiger partial charge in [0.25, 0.3) is 0 Å². The number of nitrogens with one attached hydrogen (secondary N) is 1. The SMILES string of the molecule is COCCNCc1nnn(C)n1. The number of rotatable bonds is 5. The molecule has 1 rings (SSSR count). The van der Waals surface area contributed by atoms with Gasteiger partial charge in [-0.1, -0.05) is 0 Å². The summed E-state index contributed by atoms with van der Waals surface area (Å²) < 4.78 is 4.86. The normalized spacial score (nSPS) is 10.5. The Labute approximate surface area is 70.9 Å². The van der Waals surface area contributed by atoms with Crippen molar-refractivity contribution in [3.63, 3.8) is 0 Å². The Kier molecular flexibility index (Phi) is 3.62. The van der Waals surface area contributed by atoms with E-state index in [2.05, 4.69) is 20.7 Å². The average molecular weight is 171 g/mol. The maximum Gasteiger partial charge on any atom is 0.188 e. The van der Waals surface area contributed by atoms with Crippen LogP contribution in [0.4, 0.5) is 0 Å². The van der Waals surface area contributed by atoms with Crippen LogP contribution in [0, 0.1) is 0 Å². The van der Waals surface area contributed by atoms with Gasteiger partial charge in [-0.3, -0.25) is 0 Å². The minimum absolute atomic E-state index is 0.636. The lowest BCUT2D eigenvalue weighted by molar-refractivity contribution is 0.199. The third kappa shape index (κ3) is 2.93. The Bertz CT molecular complexity index is 223. The first kappa shape index (κ1) is 9.08. The Morgan fingerprint density at radius 1 is 1.58 bits per heavy atom. The molecule has 1 aromatic rings. The Balaban J connectivity index is 2.15. The number of aromatic nitrogens is 4. The van der Waals surface area contributed by atoms with E-state index in [4.69, 9.17) is 4.74 Å². The predicted octanol–water partition coefficient (Wildman–Crippen LogP) is -1.05. The third-order valence-electron chi connectivity index (χ3n) is 1.32. The second-order valence-corrected chi connectivity index (χ2v) is 2.36. The lowest BCUT2D eigenvalue weighted by atomic mass is 10.6. The van der Waals surface area contributed by atoms with Crippen molar-refractivity contribution in [2.24, 2.45) is 7.05 Å². The van der Waals surface area contributed by atoms with Gasteiger partial charge in [0.15, 0.2) is 5.82 Å². The molecule has 12 heavy (non-hydrogen) atoms. The van der Waals surface area contributed by atoms with Crippen LogP contribution in [0.3, 0.4) is 0 Å². The predicted molar refractivity (Wildman–Crippen MR) is 42.4 cm³/mol. The van der Waals surface area contributed by atoms with Gasteiger partial charge >= 0.3 is 0 Å². The molecule has 6 nitrogen and oxygen atoms in total. The zero-order valence-electron chi connectivity index (χ0n) is 7.32. The number of aryl methyl sites for hydroxylation is 1. The summed E-state index contributed by atoms with van der Waals surface area (Å²) in [6.07, 6.45) is 0. The maximum absolute atomic E-state index is 4.86. The molecule has 0 spiro atoms. The number of nitrogens with zero attached hydrogens (tertiary/aromatic N) is 4. The molecular formula is C6H13N5O. The lowest BCUT2D eigenvalue weighted by Gasteiger charge is -1.98. The minimum Gasteiger partial charge on any atom is -0.383 e. The summed E-state index contributed by atoms with van der Waals surface area (Å²) in [5.41, 5.74) is 0. The van der Waals surface area contributed by atoms with Crippen molar-refractivity contribution in [3.8, 4) is 0 Å². The van der Waals surface area contributed by atoms with Crippen molar-refractivity contribution < 1.29 is 4.74 Å². The van der Waals surface area contributed by atoms with Gasteiger partial charge < -0.3 is 10.1 Å². The van der Waals surface area contributed by atoms with Crippen molar-refractivity contribution in [1.82, 2.24) is 25.5 Å². The van der Waals surface area contributed by atoms with Gasteiger partial charge in [-0.15, -0.1) is 10.2 Å². The molecule has 0 aliphatic carbocycles. The van der Waals surface area contributed by atoms with Crippen LogP contribution >= 0.6 is 0 Å². The smallest absolute Gasteiger partial charge is 0.188 e. The molecule has 0 aliphatic heterocycles. The second kappa shape index (κ2) is 4.78. The summed E-state index contributed by atoms with van der Waals surface area (Å²) in [6, 6.07) is 0. The van der Waals surface area contributed by atoms with Gasteiger partial charge in [-0.2, -0.15) is 4.80 Å². The molecule has 0 atom stereocenters. The van der Waals surface area contributed by atoms with Crippen LogP contribution in [0.1, 0.15) is 5.82 Å². The minimum atomic E-state index is 0.636. The monoisotopic (exact) mass is 171 g/mol. The topological polar surface area (TPSA) is 64.9 Å². The number of methoxy groups -OCH3 is 1. The van der Waals surface area contributed by atoms with Crippen molar-refractivity contribution in [2.45, 2.75) is 6.54 Å². The molecule has 1 N–H and O–H groups in total. The summed E-state index contributed by atoms with van der Waals surface area (Å²) >= 11 is 0. The van der Waals surface area contributed by atoms with E-state index in [-0.39, 0.29) is 0 Å². The van der Waals surface area contributed by atoms with E-state index in [0.717, 1.165) is 6.54 Å². The fourth-order valence-corrected chi connectivity index (χ4v) is 0.769. The van der Waals surface area contributed by atoms with Gasteiger partial charge in [0.05, 0.1) is 20.2 Å². The van der Waals surface area contributed by atoms with Gasteiger partial charge in [0.2, 0.25) is 0 Å². The van der Waals surface area contributed by atoms with E-state index in [1.807, 2.05) is 0 Å². The van der Waals surface area contributed by atoms with E-state index in [9.17, 15) is 0 Å². The van der Waals surface area contributed by atoms with Gasteiger partial charge in [-0.05, 0) is 5.21 Å². The molecule has 0 amide bonds. The third-order valence-corrected chi connectivity index (χ3v) is 1.32. The van der Waals surface area contributed by atoms with Crippen LogP contribution in [0.15, 0.2) is 0 Å². The molecular weight excluding hydrogens is 158 g/mol. The fourth-order valence-electron chi connectivity index (χ4n) is 0.769. The van der Waals surface area contributed by atoms with E-state index in [0.29, 0.717) is 19.0 Å². The quantitative estimate of drug-likeness (QED) is 0.572. The number of hydrogen-bond acceptors (Lipinski definition) is 5. The first-order valence-corrected chi connectivity index (χ1v) is 3.75. The largest absolute Gasteiger partial charge is 0.383 e. The van der Waals surface area contributed by atoms with E-state index < -0.39 is 0 Å². The molecule has 0 aliphatic rings. The number of ether oxygens (including phenoxy) is 1. The van der Waals surface area contributed by atoms with Crippen LogP contribution in [-0.4, -0.2) is 40.5 Å². The van der Waals surface area contributed by atoms with Crippen LogP contribution < -0.4 is 5.32 Å². The molecule has 68 valence electrons. The highest BCUT2D eigenvalue weighted by Gasteiger charge is 1.97. The molecule has 0 bridgehead atoms. The van der Waals surface area contributed by atoms with Gasteiger partial charge in [0.1, 0.15) is 0 Å². The standard InChI is InChI=1S/C6H13N5O/c1-11-9-6(8-10-11)5-7-3-4-12-2/h7H,3-5H2,1-2H3. The van der Waals surface area contributed by atoms with Gasteiger partial charge in [0, 0.05) is 13.7 Å². The molecule has 1 heterocycles. The maximum atomic E-state index is 4.86. The van der Waals surface area contributed by atoms with E-state index >= 15 is 0 Å². The fraction of sp³-hybridized carbons (Fsp3) is 0.833. The molecule has 0 fully saturated rings. The Morgan fingerprint density at radius 3 is 3.00 bits per heavy atom. The lowest BCUT2D eigenvalue weighted by Crippen LogP contribution is -2.19. The van der Waals surface area contributed by atoms with Crippen LogP contribution in [0.2, 0.25) is 0 Å². The van der Waals surface area contributed by atoms with Crippen LogP contribution in [-0.2, 0) is 18.3 Å². The van der Waals surface area contributed by atoms with Crippen molar-refractivity contribution in [2.75, 3.05) is 20.3 Å². The van der Waals surface area contributed by atoms with Gasteiger partial charge in [-0.25, -0.2) is 0 Å². The van der Waals surface area contributed by atoms with Crippen LogP contribution in [0.5, 0.6) is 0 Å². The summed E-state index contributed by atoms with van der Waals surface area (Å²) in [5.74, 6) is 0.702. The Morgan fingerprint density at radius 2 is 2.42 bits per heavy atom. The van der Waals surface area contributed by atoms with E-state index in [1.165, 1.54) is 4.80 Å². The first-order chi connectivity index (χ1) is 5.83. The number of tetrazole rings is 1. The first-order valence-electron chi connectivity index (χ1n) is 3.75. The highest BCUT2D eigenvalue weighted by Crippen LogP contribution is 1.82. The zero-order chi connectivity index (χ0) is 8.81. The highest BCUT2D eigenvalue weighted by molar-refractivity contribution is 4.74. The second-order valence-electron chi connectivity index (χ2n) is 2.36. The van der Waals surface area contributed by atoms with E-state index in [1.54, 1.807) is 14.2 Å². The summed E-state index contributed by atoms with van der Waals surface area (Å²) in [7, 11) is 3.41. The highest BCUT2D eigenvalue weighted by atomic mass is 16.5. The van der Waals surface area contributed by atoms with Crippen molar-refractivity contribution >= 4 is 0 Å². The average Bonchev–Trinajstić information content (AvgIpc) is 2.45. The molecule has 0 saturated carbocycles. The molecule has 6 heteroatoms. The zero-order valence-corrected chi connectivity index (χ0v) is 7.32. The van der Waals surface area contributed by atoms with Crippen LogP contribution in [0.25, 0.3) is 0 Å². The molecule has 0 aromatic carbocycles. The van der Waals surface area contributed by atoms with Crippen molar-refractivity contribution in [1.29, 1.82) is 0 Å². The molecule has 1 aromatic heterocycles. The molecule has 0 saturated heterocycles. The Hall–Kier alpha value is -1.01. The number of hydrogen-bond donors (Lipinski definition) is 1. The summed E-state index contributed by atoms with van der Waals surface area (Å²) in [5, 5.41) is 14.6. The summed E-state index contributed by atoms with van der Waals surface area (Å²) in [6.45, 7) is 2.13. The summed E-state index contributed by atoms with van der Waals surface area (Å²) in [4.78, 5) is 1.44. The molecule has 0 radical (unpaired) electrons. The molecule has 0 unspecified atom stereocenters.